The second kappa shape index (κ2) is 33.4. The van der Waals surface area contributed by atoms with Crippen molar-refractivity contribution in [1.82, 2.24) is 48.4 Å². The van der Waals surface area contributed by atoms with Gasteiger partial charge in [0, 0.05) is 107 Å². The zero-order valence-electron chi connectivity index (χ0n) is 61.6. The van der Waals surface area contributed by atoms with Crippen molar-refractivity contribution in [3.8, 4) is 0 Å². The average Bonchev–Trinajstić information content (AvgIpc) is 0.830. The fourth-order valence-electron chi connectivity index (χ4n) is 7.78. The number of nitrogens with zero attached hydrogens (tertiary/aromatic N) is 8. The lowest BCUT2D eigenvalue weighted by atomic mass is 9.90. The number of hydrogen-bond donors (Lipinski definition) is 4. The number of aliphatic imine (C=N–C) groups is 1. The van der Waals surface area contributed by atoms with E-state index < -0.39 is 66.6 Å². The lowest BCUT2D eigenvalue weighted by molar-refractivity contribution is -0.122. The van der Waals surface area contributed by atoms with E-state index in [2.05, 4.69) is 56.3 Å². The third-order valence-electron chi connectivity index (χ3n) is 13.7. The van der Waals surface area contributed by atoms with Gasteiger partial charge in [0.25, 0.3) is 17.0 Å². The quantitative estimate of drug-likeness (QED) is 0.0328. The normalized spacial score (nSPS) is 12.6. The first-order valence-electron chi connectivity index (χ1n) is 31.8. The van der Waals surface area contributed by atoms with Crippen LogP contribution in [-0.2, 0) is 41.3 Å². The van der Waals surface area contributed by atoms with Gasteiger partial charge in [-0.3, -0.25) is 61.8 Å². The third-order valence-corrected chi connectivity index (χ3v) is 13.7. The molecular formula is C73H106N12O11. The number of allylic oxidation sites excluding steroid dienone is 3. The summed E-state index contributed by atoms with van der Waals surface area (Å²) in [7, 11) is 3.66. The summed E-state index contributed by atoms with van der Waals surface area (Å²) in [5, 5.41) is 5.48. The molecule has 524 valence electrons. The Morgan fingerprint density at radius 3 is 1.24 bits per heavy atom. The molecule has 4 N–H and O–H groups in total. The molecule has 1 aromatic carbocycles. The second-order valence-corrected chi connectivity index (χ2v) is 31.6. The van der Waals surface area contributed by atoms with E-state index in [1.165, 1.54) is 62.6 Å². The highest BCUT2D eigenvalue weighted by Gasteiger charge is 2.25. The molecule has 23 heteroatoms. The van der Waals surface area contributed by atoms with Gasteiger partial charge in [0.05, 0.1) is 17.5 Å². The standard InChI is InChI=1S/C22H27N3O3.C18H28N4O2.C18H29N3O3.C15H22N2O3/c1-21(2,3)17(26)13-12-16-14-25(22(4,5)6)20(28)24-18(16)23-19(27)15-10-8-7-9-11-15;1-17(2,3)14(23)10-9-13-11-22(18(4,5)6)16(24)20-15(13)19-12-21(7)8;1-17(2,3)10-7-11-19-14(22)9-8-13-12-21(18(4,5)6)16(24)20-15(13)23;1-14(2,3)11(18)8-7-10-9-17(15(4,5)6)13(20)16-12(10)19/h7-14H,1-6H3,(H,23,24,27,28);9-12H,1-8H3;8-9,12H,7,10-11H2,1-6H3,(H,19,22)(H,20,23,24);7-9H,1-6H3,(H,16,19,20)/b13-12+;10-9+,19-12?;9-8+;8-7+. The average molecular weight is 1330 g/mol. The molecule has 0 unspecified atom stereocenters. The molecular weight excluding hydrogens is 1220 g/mol. The van der Waals surface area contributed by atoms with Crippen LogP contribution in [0.4, 0.5) is 11.6 Å². The summed E-state index contributed by atoms with van der Waals surface area (Å²) in [5.41, 5.74) is -3.70. The number of rotatable bonds is 15. The van der Waals surface area contributed by atoms with Gasteiger partial charge in [-0.05, 0) is 156 Å². The van der Waals surface area contributed by atoms with E-state index in [1.54, 1.807) is 85.4 Å². The summed E-state index contributed by atoms with van der Waals surface area (Å²) in [5.74, 6) is -0.357. The van der Waals surface area contributed by atoms with E-state index in [-0.39, 0.29) is 57.2 Å². The van der Waals surface area contributed by atoms with E-state index in [1.807, 2.05) is 145 Å². The molecule has 0 atom stereocenters. The predicted octanol–water partition coefficient (Wildman–Crippen LogP) is 10.9. The topological polar surface area (TPSA) is 305 Å². The molecule has 0 aliphatic rings. The fourth-order valence-corrected chi connectivity index (χ4v) is 7.78. The smallest absolute Gasteiger partial charge is 0.350 e. The predicted molar refractivity (Wildman–Crippen MR) is 387 cm³/mol. The summed E-state index contributed by atoms with van der Waals surface area (Å²) >= 11 is 0. The molecule has 4 heterocycles. The van der Waals surface area contributed by atoms with Crippen molar-refractivity contribution < 1.29 is 24.0 Å². The summed E-state index contributed by atoms with van der Waals surface area (Å²) in [6.45, 7) is 46.1. The molecule has 0 radical (unpaired) electrons. The van der Waals surface area contributed by atoms with Gasteiger partial charge >= 0.3 is 22.8 Å². The van der Waals surface area contributed by atoms with Crippen LogP contribution in [0.5, 0.6) is 0 Å². The van der Waals surface area contributed by atoms with Gasteiger partial charge in [-0.2, -0.15) is 9.97 Å². The van der Waals surface area contributed by atoms with Crippen LogP contribution in [0.2, 0.25) is 0 Å². The third kappa shape index (κ3) is 28.0. The Labute approximate surface area is 565 Å². The molecule has 0 saturated carbocycles. The van der Waals surface area contributed by atoms with Gasteiger partial charge < -0.3 is 15.5 Å². The van der Waals surface area contributed by atoms with Crippen LogP contribution < -0.4 is 44.5 Å². The maximum Gasteiger partial charge on any atom is 0.350 e. The fraction of sp³-hybridized carbons (Fsp3) is 0.507. The Morgan fingerprint density at radius 1 is 0.490 bits per heavy atom. The lowest BCUT2D eigenvalue weighted by Crippen LogP contribution is -2.39. The Morgan fingerprint density at radius 2 is 0.854 bits per heavy atom. The maximum atomic E-state index is 12.5. The molecule has 0 fully saturated rings. The van der Waals surface area contributed by atoms with Crippen LogP contribution in [0.15, 0.2) is 113 Å². The first kappa shape index (κ1) is 82.8. The van der Waals surface area contributed by atoms with Crippen molar-refractivity contribution in [3.05, 3.63) is 170 Å². The Balaban J connectivity index is 0.000000439. The van der Waals surface area contributed by atoms with Crippen molar-refractivity contribution in [2.75, 3.05) is 26.0 Å². The molecule has 0 aliphatic carbocycles. The Bertz CT molecular complexity index is 4090. The number of carbonyl (C=O) groups is 5. The minimum atomic E-state index is -0.532. The van der Waals surface area contributed by atoms with Crippen molar-refractivity contribution in [2.45, 2.75) is 201 Å². The highest BCUT2D eigenvalue weighted by Crippen LogP contribution is 2.24. The number of hydrogen-bond acceptors (Lipinski definition) is 14. The molecule has 0 spiro atoms. The van der Waals surface area contributed by atoms with Crippen LogP contribution in [0.25, 0.3) is 24.3 Å². The molecule has 5 rings (SSSR count). The largest absolute Gasteiger partial charge is 0.369 e. The molecule has 0 bridgehead atoms. The van der Waals surface area contributed by atoms with Crippen molar-refractivity contribution in [1.29, 1.82) is 0 Å². The summed E-state index contributed by atoms with van der Waals surface area (Å²) in [6, 6.07) is 8.66. The number of aromatic amines is 2. The number of nitrogens with one attached hydrogen (secondary N) is 4. The molecule has 0 aliphatic heterocycles. The minimum absolute atomic E-state index is 0.00134. The minimum Gasteiger partial charge on any atom is -0.369 e. The van der Waals surface area contributed by atoms with E-state index >= 15 is 0 Å². The van der Waals surface area contributed by atoms with Crippen LogP contribution in [0.3, 0.4) is 0 Å². The van der Waals surface area contributed by atoms with E-state index in [4.69, 9.17) is 0 Å². The Kier molecular flexibility index (Phi) is 28.8. The highest BCUT2D eigenvalue weighted by molar-refractivity contribution is 6.05. The van der Waals surface area contributed by atoms with Crippen molar-refractivity contribution in [2.24, 2.45) is 26.7 Å². The van der Waals surface area contributed by atoms with Crippen LogP contribution >= 0.6 is 0 Å². The van der Waals surface area contributed by atoms with Gasteiger partial charge in [0.1, 0.15) is 5.82 Å². The number of ketones is 3. The van der Waals surface area contributed by atoms with E-state index in [0.717, 1.165) is 12.8 Å². The first-order valence-corrected chi connectivity index (χ1v) is 31.8. The van der Waals surface area contributed by atoms with Gasteiger partial charge in [0.15, 0.2) is 23.2 Å². The van der Waals surface area contributed by atoms with E-state index in [0.29, 0.717) is 29.1 Å². The van der Waals surface area contributed by atoms with Gasteiger partial charge in [-0.1, -0.05) is 101 Å². The zero-order valence-corrected chi connectivity index (χ0v) is 61.6. The summed E-state index contributed by atoms with van der Waals surface area (Å²) in [6.07, 6.45) is 21.6. The molecule has 96 heavy (non-hydrogen) atoms. The first-order chi connectivity index (χ1) is 43.5. The monoisotopic (exact) mass is 1330 g/mol. The SMILES string of the molecule is CC(C)(C)C(=O)/C=C/c1cn(C(C)(C)C)c(=O)[nH]c1=O.CC(C)(C)C(=O)/C=C/c1cn(C(C)(C)C)c(=O)nc1NC(=O)c1ccccc1.CC(C)(C)CCCNC(=O)/C=C/c1cn(C(C)(C)C)c(=O)[nH]c1=O.CN(C)C=Nc1nc(=O)n(C(C)(C)C)cc1/C=C/C(=O)C(C)(C)C. The highest BCUT2D eigenvalue weighted by atomic mass is 16.2. The summed E-state index contributed by atoms with van der Waals surface area (Å²) in [4.78, 5) is 151. The van der Waals surface area contributed by atoms with E-state index in [9.17, 15) is 52.7 Å². The lowest BCUT2D eigenvalue weighted by Gasteiger charge is -2.23. The van der Waals surface area contributed by atoms with Crippen LogP contribution in [0, 0.1) is 21.7 Å². The molecule has 23 nitrogen and oxygen atoms in total. The number of carbonyl (C=O) groups excluding carboxylic acids is 5. The number of anilines is 1. The van der Waals surface area contributed by atoms with Crippen molar-refractivity contribution in [3.63, 3.8) is 0 Å². The summed E-state index contributed by atoms with van der Waals surface area (Å²) < 4.78 is 5.90. The molecule has 0 saturated heterocycles. The second-order valence-electron chi connectivity index (χ2n) is 31.6. The molecule has 5 aromatic rings. The Hall–Kier alpha value is -9.28. The zero-order chi connectivity index (χ0) is 74.1. The number of amides is 2. The maximum absolute atomic E-state index is 12.5. The van der Waals surface area contributed by atoms with Crippen LogP contribution in [-0.4, -0.2) is 99.2 Å². The van der Waals surface area contributed by atoms with Crippen LogP contribution in [0.1, 0.15) is 212 Å². The van der Waals surface area contributed by atoms with Gasteiger partial charge in [-0.25, -0.2) is 24.2 Å². The number of H-pyrrole nitrogens is 2. The van der Waals surface area contributed by atoms with Gasteiger partial charge in [0.2, 0.25) is 5.91 Å². The molecule has 2 amide bonds. The van der Waals surface area contributed by atoms with Crippen molar-refractivity contribution >= 4 is 71.4 Å². The van der Waals surface area contributed by atoms with Gasteiger partial charge in [-0.15, -0.1) is 0 Å². The number of benzene rings is 1. The molecule has 4 aromatic heterocycles. The number of aromatic nitrogens is 8.